The lowest BCUT2D eigenvalue weighted by Crippen LogP contribution is -2.54. The first-order chi connectivity index (χ1) is 13.4. The zero-order valence-corrected chi connectivity index (χ0v) is 14.8. The van der Waals surface area contributed by atoms with Gasteiger partial charge in [0.1, 0.15) is 11.3 Å². The molecule has 2 N–H and O–H groups in total. The standard InChI is InChI=1S/C20H16N2O6/c1-12-5-4-7-14(9-12)22-19(26)15(18(25)21-20(22)27)10-13-6-2-3-8-16(13)28-11-17(23)24/h2-10H,11H2,1H3,(H,23,24)(H,21,25,27)/b15-10-. The molecule has 8 heteroatoms. The Labute approximate surface area is 160 Å². The number of carboxylic acid groups (broad SMARTS) is 1. The largest absolute Gasteiger partial charge is 0.481 e. The molecule has 0 aliphatic carbocycles. The number of ether oxygens (including phenoxy) is 1. The molecule has 2 aromatic carbocycles. The first-order valence-electron chi connectivity index (χ1n) is 8.28. The quantitative estimate of drug-likeness (QED) is 0.607. The third-order valence-electron chi connectivity index (χ3n) is 3.93. The van der Waals surface area contributed by atoms with Gasteiger partial charge in [-0.1, -0.05) is 30.3 Å². The van der Waals surface area contributed by atoms with E-state index in [-0.39, 0.29) is 11.3 Å². The van der Waals surface area contributed by atoms with Crippen LogP contribution in [0.3, 0.4) is 0 Å². The van der Waals surface area contributed by atoms with Gasteiger partial charge in [-0.2, -0.15) is 0 Å². The number of nitrogens with zero attached hydrogens (tertiary/aromatic N) is 1. The Balaban J connectivity index is 1.99. The maximum atomic E-state index is 12.9. The molecule has 142 valence electrons. The topological polar surface area (TPSA) is 113 Å². The number of barbiturate groups is 1. The van der Waals surface area contributed by atoms with Crippen molar-refractivity contribution in [3.05, 3.63) is 65.2 Å². The summed E-state index contributed by atoms with van der Waals surface area (Å²) in [5, 5.41) is 10.9. The van der Waals surface area contributed by atoms with Crippen molar-refractivity contribution in [1.82, 2.24) is 5.32 Å². The second-order valence-electron chi connectivity index (χ2n) is 6.02. The number of carbonyl (C=O) groups is 4. The molecule has 1 fully saturated rings. The van der Waals surface area contributed by atoms with Crippen LogP contribution in [-0.4, -0.2) is 35.5 Å². The van der Waals surface area contributed by atoms with Crippen molar-refractivity contribution in [3.63, 3.8) is 0 Å². The average molecular weight is 380 g/mol. The summed E-state index contributed by atoms with van der Waals surface area (Å²) in [5.74, 6) is -2.60. The van der Waals surface area contributed by atoms with E-state index in [1.165, 1.54) is 12.1 Å². The first kappa shape index (κ1) is 18.8. The molecule has 3 rings (SSSR count). The Morgan fingerprint density at radius 3 is 2.61 bits per heavy atom. The fourth-order valence-corrected chi connectivity index (χ4v) is 2.69. The van der Waals surface area contributed by atoms with E-state index in [1.54, 1.807) is 36.4 Å². The zero-order valence-electron chi connectivity index (χ0n) is 14.8. The van der Waals surface area contributed by atoms with Gasteiger partial charge in [0.05, 0.1) is 5.69 Å². The maximum Gasteiger partial charge on any atom is 0.341 e. The number of nitrogens with one attached hydrogen (secondary N) is 1. The summed E-state index contributed by atoms with van der Waals surface area (Å²) in [4.78, 5) is 49.0. The highest BCUT2D eigenvalue weighted by molar-refractivity contribution is 6.39. The molecule has 0 spiro atoms. The number of amides is 4. The molecule has 2 aromatic rings. The van der Waals surface area contributed by atoms with Gasteiger partial charge in [-0.05, 0) is 36.8 Å². The molecule has 4 amide bonds. The lowest BCUT2D eigenvalue weighted by molar-refractivity contribution is -0.139. The van der Waals surface area contributed by atoms with E-state index in [1.807, 2.05) is 13.0 Å². The number of hydrogen-bond donors (Lipinski definition) is 2. The predicted octanol–water partition coefficient (Wildman–Crippen LogP) is 2.12. The van der Waals surface area contributed by atoms with Gasteiger partial charge < -0.3 is 9.84 Å². The molecule has 0 bridgehead atoms. The molecular formula is C20H16N2O6. The van der Waals surface area contributed by atoms with E-state index in [9.17, 15) is 19.2 Å². The number of benzene rings is 2. The van der Waals surface area contributed by atoms with Gasteiger partial charge in [0.2, 0.25) is 0 Å². The van der Waals surface area contributed by atoms with E-state index in [4.69, 9.17) is 9.84 Å². The fourth-order valence-electron chi connectivity index (χ4n) is 2.69. The van der Waals surface area contributed by atoms with E-state index >= 15 is 0 Å². The van der Waals surface area contributed by atoms with Crippen LogP contribution in [0, 0.1) is 6.92 Å². The van der Waals surface area contributed by atoms with Gasteiger partial charge in [-0.15, -0.1) is 0 Å². The molecule has 1 aliphatic rings. The molecule has 8 nitrogen and oxygen atoms in total. The summed E-state index contributed by atoms with van der Waals surface area (Å²) in [5.41, 5.74) is 1.23. The van der Waals surface area contributed by atoms with Gasteiger partial charge in [-0.25, -0.2) is 14.5 Å². The average Bonchev–Trinajstić information content (AvgIpc) is 2.64. The van der Waals surface area contributed by atoms with Crippen LogP contribution in [0.1, 0.15) is 11.1 Å². The molecule has 0 atom stereocenters. The number of urea groups is 1. The normalized spacial score (nSPS) is 15.5. The SMILES string of the molecule is Cc1cccc(N2C(=O)NC(=O)/C(=C/c3ccccc3OCC(=O)O)C2=O)c1. The minimum absolute atomic E-state index is 0.192. The Morgan fingerprint density at radius 2 is 1.89 bits per heavy atom. The molecular weight excluding hydrogens is 364 g/mol. The smallest absolute Gasteiger partial charge is 0.341 e. The van der Waals surface area contributed by atoms with Crippen molar-refractivity contribution in [1.29, 1.82) is 0 Å². The number of carbonyl (C=O) groups excluding carboxylic acids is 3. The number of aliphatic carboxylic acids is 1. The molecule has 1 saturated heterocycles. The van der Waals surface area contributed by atoms with Crippen LogP contribution in [0.2, 0.25) is 0 Å². The summed E-state index contributed by atoms with van der Waals surface area (Å²) in [6.07, 6.45) is 1.27. The predicted molar refractivity (Wildman–Crippen MR) is 99.8 cm³/mol. The first-order valence-corrected chi connectivity index (χ1v) is 8.28. The molecule has 0 unspecified atom stereocenters. The van der Waals surface area contributed by atoms with Crippen LogP contribution in [-0.2, 0) is 14.4 Å². The number of carboxylic acids is 1. The minimum Gasteiger partial charge on any atom is -0.481 e. The summed E-state index contributed by atoms with van der Waals surface area (Å²) in [7, 11) is 0. The number of aryl methyl sites for hydroxylation is 1. The van der Waals surface area contributed by atoms with Crippen molar-refractivity contribution < 1.29 is 29.0 Å². The number of anilines is 1. The second kappa shape index (κ2) is 7.75. The Morgan fingerprint density at radius 1 is 1.14 bits per heavy atom. The van der Waals surface area contributed by atoms with Crippen molar-refractivity contribution in [2.45, 2.75) is 6.92 Å². The summed E-state index contributed by atoms with van der Waals surface area (Å²) in [6.45, 7) is 1.24. The summed E-state index contributed by atoms with van der Waals surface area (Å²) >= 11 is 0. The van der Waals surface area contributed by atoms with E-state index in [0.717, 1.165) is 10.5 Å². The Kier molecular flexibility index (Phi) is 5.21. The third kappa shape index (κ3) is 3.90. The Hall–Kier alpha value is -3.94. The fraction of sp³-hybridized carbons (Fsp3) is 0.100. The van der Waals surface area contributed by atoms with Crippen LogP contribution in [0.25, 0.3) is 6.08 Å². The molecule has 1 heterocycles. The molecule has 1 aliphatic heterocycles. The van der Waals surface area contributed by atoms with Crippen molar-refractivity contribution in [2.24, 2.45) is 0 Å². The third-order valence-corrected chi connectivity index (χ3v) is 3.93. The van der Waals surface area contributed by atoms with Crippen molar-refractivity contribution in [2.75, 3.05) is 11.5 Å². The van der Waals surface area contributed by atoms with Crippen LogP contribution in [0.4, 0.5) is 10.5 Å². The van der Waals surface area contributed by atoms with Crippen LogP contribution in [0.15, 0.2) is 54.1 Å². The summed E-state index contributed by atoms with van der Waals surface area (Å²) < 4.78 is 5.19. The van der Waals surface area contributed by atoms with Crippen LogP contribution >= 0.6 is 0 Å². The van der Waals surface area contributed by atoms with Gasteiger partial charge in [0, 0.05) is 5.56 Å². The van der Waals surface area contributed by atoms with E-state index in [2.05, 4.69) is 5.32 Å². The van der Waals surface area contributed by atoms with Gasteiger partial charge >= 0.3 is 12.0 Å². The second-order valence-corrected chi connectivity index (χ2v) is 6.02. The lowest BCUT2D eigenvalue weighted by atomic mass is 10.1. The number of para-hydroxylation sites is 1. The van der Waals surface area contributed by atoms with Gasteiger partial charge in [0.15, 0.2) is 6.61 Å². The number of hydrogen-bond acceptors (Lipinski definition) is 5. The monoisotopic (exact) mass is 380 g/mol. The summed E-state index contributed by atoms with van der Waals surface area (Å²) in [6, 6.07) is 12.3. The Bertz CT molecular complexity index is 1010. The number of rotatable bonds is 5. The lowest BCUT2D eigenvalue weighted by Gasteiger charge is -2.26. The zero-order chi connectivity index (χ0) is 20.3. The van der Waals surface area contributed by atoms with E-state index < -0.39 is 30.4 Å². The molecule has 0 radical (unpaired) electrons. The highest BCUT2D eigenvalue weighted by atomic mass is 16.5. The van der Waals surface area contributed by atoms with Gasteiger partial charge in [0.25, 0.3) is 11.8 Å². The highest BCUT2D eigenvalue weighted by Crippen LogP contribution is 2.25. The van der Waals surface area contributed by atoms with Gasteiger partial charge in [-0.3, -0.25) is 14.9 Å². The molecule has 28 heavy (non-hydrogen) atoms. The minimum atomic E-state index is -1.16. The van der Waals surface area contributed by atoms with Crippen LogP contribution in [0.5, 0.6) is 5.75 Å². The van der Waals surface area contributed by atoms with Crippen molar-refractivity contribution >= 4 is 35.6 Å². The van der Waals surface area contributed by atoms with E-state index in [0.29, 0.717) is 11.3 Å². The van der Waals surface area contributed by atoms with Crippen LogP contribution < -0.4 is 15.0 Å². The maximum absolute atomic E-state index is 12.9. The number of imide groups is 2. The molecule has 0 saturated carbocycles. The molecule has 0 aromatic heterocycles. The van der Waals surface area contributed by atoms with Crippen molar-refractivity contribution in [3.8, 4) is 5.75 Å². The highest BCUT2D eigenvalue weighted by Gasteiger charge is 2.37.